The lowest BCUT2D eigenvalue weighted by molar-refractivity contribution is 0.0605. The second-order valence-electron chi connectivity index (χ2n) is 4.61. The molecule has 2 rings (SSSR count). The van der Waals surface area contributed by atoms with Crippen molar-refractivity contribution in [1.82, 2.24) is 9.97 Å². The minimum Gasteiger partial charge on any atom is -0.465 e. The van der Waals surface area contributed by atoms with Crippen LogP contribution in [0, 0.1) is 13.8 Å². The van der Waals surface area contributed by atoms with Crippen molar-refractivity contribution in [3.8, 4) is 0 Å². The Morgan fingerprint density at radius 2 is 2.09 bits per heavy atom. The number of anilines is 1. The third kappa shape index (κ3) is 3.52. The Morgan fingerprint density at radius 1 is 1.32 bits per heavy atom. The molecule has 2 aromatic heterocycles. The van der Waals surface area contributed by atoms with Gasteiger partial charge in [0.1, 0.15) is 21.3 Å². The number of nitrogens with one attached hydrogen (secondary N) is 1. The molecule has 0 amide bonds. The average Bonchev–Trinajstić information content (AvgIpc) is 2.83. The molecule has 2 N–H and O–H groups in total. The molecule has 0 fully saturated rings. The van der Waals surface area contributed by atoms with Gasteiger partial charge in [0, 0.05) is 6.54 Å². The molecule has 0 aromatic carbocycles. The van der Waals surface area contributed by atoms with Gasteiger partial charge in [-0.1, -0.05) is 0 Å². The predicted molar refractivity (Wildman–Crippen MR) is 84.6 cm³/mol. The lowest BCUT2D eigenvalue weighted by Crippen LogP contribution is -2.13. The molecule has 0 atom stereocenters. The first-order valence-electron chi connectivity index (χ1n) is 6.87. The average molecular weight is 325 g/mol. The summed E-state index contributed by atoms with van der Waals surface area (Å²) in [5.41, 5.74) is 0.811. The smallest absolute Gasteiger partial charge is 0.348 e. The third-order valence-electron chi connectivity index (χ3n) is 3.05. The Labute approximate surface area is 132 Å². The number of esters is 1. The number of methoxy groups -OCH3 is 1. The first-order valence-corrected chi connectivity index (χ1v) is 7.68. The zero-order valence-corrected chi connectivity index (χ0v) is 13.6. The molecule has 0 radical (unpaired) electrons. The SMILES string of the molecule is COC(=O)c1sc2nc(C)nc(NCCOCCO)c2c1C. The van der Waals surface area contributed by atoms with Crippen LogP contribution in [0.15, 0.2) is 0 Å². The maximum atomic E-state index is 11.8. The van der Waals surface area contributed by atoms with Crippen LogP contribution in [-0.4, -0.2) is 54.5 Å². The van der Waals surface area contributed by atoms with E-state index in [1.165, 1.54) is 18.4 Å². The van der Waals surface area contributed by atoms with Crippen LogP contribution in [0.1, 0.15) is 21.1 Å². The van der Waals surface area contributed by atoms with Crippen molar-refractivity contribution in [2.24, 2.45) is 0 Å². The van der Waals surface area contributed by atoms with Gasteiger partial charge in [0.15, 0.2) is 0 Å². The predicted octanol–water partition coefficient (Wildman–Crippen LogP) is 1.52. The quantitative estimate of drug-likeness (QED) is 0.589. The largest absolute Gasteiger partial charge is 0.465 e. The molecule has 0 bridgehead atoms. The number of fused-ring (bicyclic) bond motifs is 1. The Hall–Kier alpha value is -1.77. The van der Waals surface area contributed by atoms with E-state index >= 15 is 0 Å². The minimum absolute atomic E-state index is 0.00296. The number of thiophene rings is 1. The zero-order chi connectivity index (χ0) is 16.1. The molecule has 2 aromatic rings. The van der Waals surface area contributed by atoms with Crippen molar-refractivity contribution in [2.45, 2.75) is 13.8 Å². The van der Waals surface area contributed by atoms with Crippen molar-refractivity contribution < 1.29 is 19.4 Å². The van der Waals surface area contributed by atoms with Crippen LogP contribution < -0.4 is 5.32 Å². The van der Waals surface area contributed by atoms with Gasteiger partial charge in [-0.2, -0.15) is 0 Å². The van der Waals surface area contributed by atoms with E-state index in [2.05, 4.69) is 15.3 Å². The van der Waals surface area contributed by atoms with Crippen LogP contribution in [0.5, 0.6) is 0 Å². The topological polar surface area (TPSA) is 93.6 Å². The lowest BCUT2D eigenvalue weighted by atomic mass is 10.2. The molecule has 0 spiro atoms. The van der Waals surface area contributed by atoms with Gasteiger partial charge in [0.05, 0.1) is 32.3 Å². The van der Waals surface area contributed by atoms with E-state index in [0.717, 1.165) is 15.8 Å². The molecule has 0 aliphatic carbocycles. The molecule has 0 aliphatic heterocycles. The molecule has 0 saturated carbocycles. The fourth-order valence-electron chi connectivity index (χ4n) is 2.07. The van der Waals surface area contributed by atoms with E-state index in [-0.39, 0.29) is 12.6 Å². The van der Waals surface area contributed by atoms with Crippen LogP contribution >= 0.6 is 11.3 Å². The fraction of sp³-hybridized carbons (Fsp3) is 0.500. The zero-order valence-electron chi connectivity index (χ0n) is 12.8. The highest BCUT2D eigenvalue weighted by Gasteiger charge is 2.20. The number of aromatic nitrogens is 2. The van der Waals surface area contributed by atoms with Crippen LogP contribution in [0.4, 0.5) is 5.82 Å². The third-order valence-corrected chi connectivity index (χ3v) is 4.21. The van der Waals surface area contributed by atoms with E-state index < -0.39 is 0 Å². The monoisotopic (exact) mass is 325 g/mol. The Morgan fingerprint density at radius 3 is 2.77 bits per heavy atom. The second kappa shape index (κ2) is 7.48. The molecule has 2 heterocycles. The number of aryl methyl sites for hydroxylation is 2. The first kappa shape index (κ1) is 16.6. The standard InChI is InChI=1S/C14H19N3O4S/c1-8-10-12(15-4-6-21-7-5-18)16-9(2)17-13(10)22-11(8)14(19)20-3/h18H,4-7H2,1-3H3,(H,15,16,17). The molecule has 22 heavy (non-hydrogen) atoms. The van der Waals surface area contributed by atoms with Gasteiger partial charge in [-0.3, -0.25) is 0 Å². The molecule has 0 unspecified atom stereocenters. The van der Waals surface area contributed by atoms with Crippen molar-refractivity contribution in [3.05, 3.63) is 16.3 Å². The Kier molecular flexibility index (Phi) is 5.64. The molecule has 7 nitrogen and oxygen atoms in total. The van der Waals surface area contributed by atoms with Crippen molar-refractivity contribution in [1.29, 1.82) is 0 Å². The summed E-state index contributed by atoms with van der Waals surface area (Å²) >= 11 is 1.30. The molecule has 120 valence electrons. The highest BCUT2D eigenvalue weighted by atomic mass is 32.1. The highest BCUT2D eigenvalue weighted by Crippen LogP contribution is 2.34. The maximum absolute atomic E-state index is 11.8. The molecule has 0 aliphatic rings. The van der Waals surface area contributed by atoms with E-state index in [1.807, 2.05) is 6.92 Å². The number of nitrogens with zero attached hydrogens (tertiary/aromatic N) is 2. The number of aliphatic hydroxyl groups excluding tert-OH is 1. The van der Waals surface area contributed by atoms with Gasteiger partial charge in [-0.05, 0) is 19.4 Å². The van der Waals surface area contributed by atoms with Gasteiger partial charge >= 0.3 is 5.97 Å². The number of hydrogen-bond acceptors (Lipinski definition) is 8. The van der Waals surface area contributed by atoms with Gasteiger partial charge in [-0.15, -0.1) is 11.3 Å². The Balaban J connectivity index is 2.28. The number of carbonyl (C=O) groups excluding carboxylic acids is 1. The summed E-state index contributed by atoms with van der Waals surface area (Å²) in [7, 11) is 1.36. The van der Waals surface area contributed by atoms with E-state index in [0.29, 0.717) is 36.3 Å². The van der Waals surface area contributed by atoms with E-state index in [1.54, 1.807) is 6.92 Å². The van der Waals surface area contributed by atoms with E-state index in [9.17, 15) is 4.79 Å². The van der Waals surface area contributed by atoms with Gasteiger partial charge in [0.25, 0.3) is 0 Å². The number of carbonyl (C=O) groups is 1. The molecule has 8 heteroatoms. The van der Waals surface area contributed by atoms with Gasteiger partial charge in [0.2, 0.25) is 0 Å². The van der Waals surface area contributed by atoms with Gasteiger partial charge < -0.3 is 19.9 Å². The van der Waals surface area contributed by atoms with E-state index in [4.69, 9.17) is 14.6 Å². The maximum Gasteiger partial charge on any atom is 0.348 e. The Bertz CT molecular complexity index is 672. The van der Waals surface area contributed by atoms with Crippen molar-refractivity contribution in [2.75, 3.05) is 38.8 Å². The minimum atomic E-state index is -0.365. The van der Waals surface area contributed by atoms with Crippen molar-refractivity contribution >= 4 is 33.3 Å². The fourth-order valence-corrected chi connectivity index (χ4v) is 3.21. The van der Waals surface area contributed by atoms with Crippen LogP contribution in [0.2, 0.25) is 0 Å². The molecular formula is C14H19N3O4S. The number of ether oxygens (including phenoxy) is 2. The summed E-state index contributed by atoms with van der Waals surface area (Å²) < 4.78 is 10.0. The summed E-state index contributed by atoms with van der Waals surface area (Å²) in [6.07, 6.45) is 0. The number of aliphatic hydroxyl groups is 1. The summed E-state index contributed by atoms with van der Waals surface area (Å²) in [4.78, 5) is 21.9. The first-order chi connectivity index (χ1) is 10.6. The summed E-state index contributed by atoms with van der Waals surface area (Å²) in [6, 6.07) is 0. The van der Waals surface area contributed by atoms with Crippen LogP contribution in [0.25, 0.3) is 10.2 Å². The number of hydrogen-bond donors (Lipinski definition) is 2. The summed E-state index contributed by atoms with van der Waals surface area (Å²) in [6.45, 7) is 4.98. The lowest BCUT2D eigenvalue weighted by Gasteiger charge is -2.08. The van der Waals surface area contributed by atoms with Crippen molar-refractivity contribution in [3.63, 3.8) is 0 Å². The summed E-state index contributed by atoms with van der Waals surface area (Å²) in [5, 5.41) is 12.7. The van der Waals surface area contributed by atoms with Gasteiger partial charge in [-0.25, -0.2) is 14.8 Å². The molecule has 0 saturated heterocycles. The normalized spacial score (nSPS) is 10.9. The molecular weight excluding hydrogens is 306 g/mol. The number of rotatable bonds is 7. The summed E-state index contributed by atoms with van der Waals surface area (Å²) in [5.74, 6) is 0.943. The second-order valence-corrected chi connectivity index (χ2v) is 5.61. The van der Waals surface area contributed by atoms with Crippen LogP contribution in [-0.2, 0) is 9.47 Å². The highest BCUT2D eigenvalue weighted by molar-refractivity contribution is 7.20. The van der Waals surface area contributed by atoms with Crippen LogP contribution in [0.3, 0.4) is 0 Å².